The lowest BCUT2D eigenvalue weighted by atomic mass is 10.1. The van der Waals surface area contributed by atoms with Crippen LogP contribution in [0.5, 0.6) is 5.75 Å². The van der Waals surface area contributed by atoms with Gasteiger partial charge in [-0.15, -0.1) is 0 Å². The third kappa shape index (κ3) is 3.16. The van der Waals surface area contributed by atoms with E-state index < -0.39 is 17.8 Å². The first-order valence-electron chi connectivity index (χ1n) is 7.02. The molecule has 0 aromatic heterocycles. The summed E-state index contributed by atoms with van der Waals surface area (Å²) in [6.45, 7) is -0.168. The van der Waals surface area contributed by atoms with Crippen molar-refractivity contribution in [2.75, 3.05) is 0 Å². The van der Waals surface area contributed by atoms with Crippen molar-refractivity contribution in [3.05, 3.63) is 69.6 Å². The summed E-state index contributed by atoms with van der Waals surface area (Å²) in [5.41, 5.74) is 0.637. The van der Waals surface area contributed by atoms with Crippen LogP contribution >= 0.6 is 15.9 Å². The lowest BCUT2D eigenvalue weighted by Crippen LogP contribution is -2.30. The van der Waals surface area contributed by atoms with Crippen molar-refractivity contribution in [1.29, 1.82) is 0 Å². The van der Waals surface area contributed by atoms with E-state index in [0.717, 1.165) is 4.90 Å². The minimum atomic E-state index is -0.635. The van der Waals surface area contributed by atoms with Gasteiger partial charge in [0, 0.05) is 15.6 Å². The molecule has 1 aliphatic heterocycles. The molecule has 1 aliphatic rings. The number of phenols is 1. The van der Waals surface area contributed by atoms with E-state index >= 15 is 0 Å². The lowest BCUT2D eigenvalue weighted by molar-refractivity contribution is -0.123. The molecule has 2 aromatic carbocycles. The number of benzene rings is 2. The molecule has 24 heavy (non-hydrogen) atoms. The Balaban J connectivity index is 1.88. The zero-order valence-electron chi connectivity index (χ0n) is 12.3. The first-order valence-corrected chi connectivity index (χ1v) is 7.81. The maximum absolute atomic E-state index is 13.7. The molecule has 0 atom stereocenters. The Morgan fingerprint density at radius 2 is 1.96 bits per heavy atom. The zero-order chi connectivity index (χ0) is 17.3. The average molecular weight is 391 g/mol. The number of nitrogens with zero attached hydrogens (tertiary/aromatic N) is 1. The summed E-state index contributed by atoms with van der Waals surface area (Å²) < 4.78 is 14.4. The van der Waals surface area contributed by atoms with E-state index in [0.29, 0.717) is 10.0 Å². The van der Waals surface area contributed by atoms with Crippen molar-refractivity contribution in [3.63, 3.8) is 0 Å². The Morgan fingerprint density at radius 1 is 1.21 bits per heavy atom. The van der Waals surface area contributed by atoms with E-state index in [2.05, 4.69) is 21.2 Å². The fourth-order valence-electron chi connectivity index (χ4n) is 2.31. The minimum absolute atomic E-state index is 0.0183. The van der Waals surface area contributed by atoms with Gasteiger partial charge in [-0.1, -0.05) is 34.1 Å². The highest BCUT2D eigenvalue weighted by molar-refractivity contribution is 9.10. The van der Waals surface area contributed by atoms with E-state index in [9.17, 15) is 19.1 Å². The monoisotopic (exact) mass is 390 g/mol. The van der Waals surface area contributed by atoms with Crippen LogP contribution in [0.15, 0.2) is 52.6 Å². The van der Waals surface area contributed by atoms with Crippen LogP contribution in [0.3, 0.4) is 0 Å². The van der Waals surface area contributed by atoms with Gasteiger partial charge in [-0.2, -0.15) is 0 Å². The number of imide groups is 1. The van der Waals surface area contributed by atoms with E-state index in [1.54, 1.807) is 18.2 Å². The molecule has 2 N–H and O–H groups in total. The minimum Gasteiger partial charge on any atom is -0.507 e. The van der Waals surface area contributed by atoms with Crippen molar-refractivity contribution in [2.24, 2.45) is 0 Å². The molecule has 3 rings (SSSR count). The molecule has 1 fully saturated rings. The zero-order valence-corrected chi connectivity index (χ0v) is 13.9. The van der Waals surface area contributed by atoms with Gasteiger partial charge in [0.25, 0.3) is 5.91 Å². The molecule has 1 saturated heterocycles. The molecule has 0 unspecified atom stereocenters. The molecule has 0 bridgehead atoms. The van der Waals surface area contributed by atoms with Gasteiger partial charge in [0.1, 0.15) is 17.3 Å². The van der Waals surface area contributed by atoms with Crippen LogP contribution in [0.1, 0.15) is 11.1 Å². The highest BCUT2D eigenvalue weighted by Crippen LogP contribution is 2.25. The fourth-order valence-corrected chi connectivity index (χ4v) is 2.69. The van der Waals surface area contributed by atoms with Crippen molar-refractivity contribution in [1.82, 2.24) is 10.2 Å². The second kappa shape index (κ2) is 6.45. The third-order valence-corrected chi connectivity index (χ3v) is 4.03. The molecular weight excluding hydrogens is 379 g/mol. The molecule has 122 valence electrons. The average Bonchev–Trinajstić information content (AvgIpc) is 2.80. The predicted molar refractivity (Wildman–Crippen MR) is 89.3 cm³/mol. The standard InChI is InChI=1S/C17H12BrFN2O3/c18-12-5-6-15(22)11(7-12)8-14-16(23)21(17(24)20-14)9-10-3-1-2-4-13(10)19/h1-8,22H,9H2,(H,20,24)/b14-8+. The van der Waals surface area contributed by atoms with Gasteiger partial charge in [-0.25, -0.2) is 9.18 Å². The Bertz CT molecular complexity index is 867. The van der Waals surface area contributed by atoms with Crippen molar-refractivity contribution in [3.8, 4) is 5.75 Å². The van der Waals surface area contributed by atoms with Crippen LogP contribution in [0.4, 0.5) is 9.18 Å². The number of amides is 3. The Morgan fingerprint density at radius 3 is 2.71 bits per heavy atom. The topological polar surface area (TPSA) is 69.6 Å². The van der Waals surface area contributed by atoms with Gasteiger partial charge in [0.05, 0.1) is 6.54 Å². The maximum atomic E-state index is 13.7. The van der Waals surface area contributed by atoms with Gasteiger partial charge in [0.2, 0.25) is 0 Å². The van der Waals surface area contributed by atoms with Gasteiger partial charge >= 0.3 is 6.03 Å². The SMILES string of the molecule is O=C1N/C(=C/c2cc(Br)ccc2O)C(=O)N1Cc1ccccc1F. The van der Waals surface area contributed by atoms with E-state index in [1.807, 2.05) is 0 Å². The van der Waals surface area contributed by atoms with Crippen LogP contribution in [0, 0.1) is 5.82 Å². The molecule has 3 amide bonds. The van der Waals surface area contributed by atoms with Gasteiger partial charge < -0.3 is 10.4 Å². The van der Waals surface area contributed by atoms with Crippen LogP contribution in [-0.2, 0) is 11.3 Å². The van der Waals surface area contributed by atoms with Gasteiger partial charge in [-0.3, -0.25) is 9.69 Å². The summed E-state index contributed by atoms with van der Waals surface area (Å²) in [5, 5.41) is 12.3. The Labute approximate surface area is 145 Å². The Hall–Kier alpha value is -2.67. The van der Waals surface area contributed by atoms with E-state index in [-0.39, 0.29) is 23.6 Å². The first-order chi connectivity index (χ1) is 11.5. The number of aromatic hydroxyl groups is 1. The molecule has 2 aromatic rings. The molecule has 0 aliphatic carbocycles. The third-order valence-electron chi connectivity index (χ3n) is 3.54. The number of hydrogen-bond donors (Lipinski definition) is 2. The second-order valence-electron chi connectivity index (χ2n) is 5.17. The van der Waals surface area contributed by atoms with Crippen molar-refractivity contribution >= 4 is 33.9 Å². The summed E-state index contributed by atoms with van der Waals surface area (Å²) in [7, 11) is 0. The van der Waals surface area contributed by atoms with Crippen LogP contribution < -0.4 is 5.32 Å². The number of phenolic OH excluding ortho intramolecular Hbond substituents is 1. The van der Waals surface area contributed by atoms with Gasteiger partial charge in [-0.05, 0) is 30.3 Å². The quantitative estimate of drug-likeness (QED) is 0.623. The summed E-state index contributed by atoms with van der Waals surface area (Å²) in [6, 6.07) is 10.0. The molecule has 1 heterocycles. The second-order valence-corrected chi connectivity index (χ2v) is 6.09. The largest absolute Gasteiger partial charge is 0.507 e. The smallest absolute Gasteiger partial charge is 0.329 e. The molecule has 0 spiro atoms. The molecule has 0 radical (unpaired) electrons. The van der Waals surface area contributed by atoms with Crippen molar-refractivity contribution < 1.29 is 19.1 Å². The summed E-state index contributed by atoms with van der Waals surface area (Å²) in [4.78, 5) is 25.3. The molecule has 7 heteroatoms. The summed E-state index contributed by atoms with van der Waals surface area (Å²) in [5.74, 6) is -1.09. The maximum Gasteiger partial charge on any atom is 0.329 e. The fraction of sp³-hybridized carbons (Fsp3) is 0.0588. The first kappa shape index (κ1) is 16.2. The lowest BCUT2D eigenvalue weighted by Gasteiger charge is -2.12. The number of rotatable bonds is 3. The highest BCUT2D eigenvalue weighted by atomic mass is 79.9. The number of urea groups is 1. The number of carbonyl (C=O) groups excluding carboxylic acids is 2. The highest BCUT2D eigenvalue weighted by Gasteiger charge is 2.34. The predicted octanol–water partition coefficient (Wildman–Crippen LogP) is 3.39. The summed E-state index contributed by atoms with van der Waals surface area (Å²) >= 11 is 3.27. The van der Waals surface area contributed by atoms with Crippen LogP contribution in [0.2, 0.25) is 0 Å². The number of nitrogens with one attached hydrogen (secondary N) is 1. The van der Waals surface area contributed by atoms with Gasteiger partial charge in [0.15, 0.2) is 0 Å². The number of hydrogen-bond acceptors (Lipinski definition) is 3. The molecule has 0 saturated carbocycles. The van der Waals surface area contributed by atoms with E-state index in [4.69, 9.17) is 0 Å². The summed E-state index contributed by atoms with van der Waals surface area (Å²) in [6.07, 6.45) is 1.38. The van der Waals surface area contributed by atoms with Crippen LogP contribution in [0.25, 0.3) is 6.08 Å². The molecule has 5 nitrogen and oxygen atoms in total. The van der Waals surface area contributed by atoms with E-state index in [1.165, 1.54) is 30.3 Å². The Kier molecular flexibility index (Phi) is 4.35. The number of carbonyl (C=O) groups is 2. The molecular formula is C17H12BrFN2O3. The van der Waals surface area contributed by atoms with Crippen LogP contribution in [-0.4, -0.2) is 21.9 Å². The van der Waals surface area contributed by atoms with Crippen molar-refractivity contribution in [2.45, 2.75) is 6.54 Å². The normalized spacial score (nSPS) is 15.9. The number of halogens is 2.